The van der Waals surface area contributed by atoms with Crippen LogP contribution >= 0.6 is 0 Å². The van der Waals surface area contributed by atoms with Gasteiger partial charge in [-0.1, -0.05) is 0 Å². The van der Waals surface area contributed by atoms with Gasteiger partial charge in [-0.05, 0) is 5.18 Å². The Morgan fingerprint density at radius 2 is 2.67 bits per heavy atom. The summed E-state index contributed by atoms with van der Waals surface area (Å²) in [6.07, 6.45) is 0. The second kappa shape index (κ2) is 2.36. The molecule has 0 aromatic carbocycles. The first-order valence-electron chi connectivity index (χ1n) is 2.44. The zero-order valence-electron chi connectivity index (χ0n) is 4.66. The van der Waals surface area contributed by atoms with Gasteiger partial charge in [-0.15, -0.1) is 4.91 Å². The Labute approximate surface area is 51.2 Å². The van der Waals surface area contributed by atoms with Gasteiger partial charge in [-0.25, -0.2) is 0 Å². The molecular weight excluding hydrogens is 120 g/mol. The largest absolute Gasteiger partial charge is 0.325 e. The highest BCUT2D eigenvalue weighted by Crippen LogP contribution is 2.06. The molecule has 0 saturated carbocycles. The van der Waals surface area contributed by atoms with Gasteiger partial charge >= 0.3 is 0 Å². The summed E-state index contributed by atoms with van der Waals surface area (Å²) >= 11 is 0. The van der Waals surface area contributed by atoms with E-state index in [1.165, 1.54) is 6.07 Å². The van der Waals surface area contributed by atoms with Crippen molar-refractivity contribution >= 4 is 5.82 Å². The smallest absolute Gasteiger partial charge is 0.217 e. The fraction of sp³-hybridized carbons (Fsp3) is 0.250. The molecule has 0 aliphatic carbocycles. The number of aromatic amines is 1. The molecule has 1 aromatic rings. The number of nitrogens with one attached hydrogen (secondary N) is 1. The van der Waals surface area contributed by atoms with Crippen LogP contribution in [0.1, 0.15) is 5.69 Å². The molecule has 0 aliphatic heterocycles. The number of rotatable bonds is 2. The predicted molar refractivity (Wildman–Crippen MR) is 31.9 cm³/mol. The number of nitrogens with two attached hydrogens (primary N) is 1. The van der Waals surface area contributed by atoms with Gasteiger partial charge in [-0.2, -0.15) is 5.10 Å². The summed E-state index contributed by atoms with van der Waals surface area (Å²) in [7, 11) is 0. The number of H-pyrrole nitrogens is 1. The molecule has 1 aromatic heterocycles. The second-order valence-corrected chi connectivity index (χ2v) is 1.55. The van der Waals surface area contributed by atoms with E-state index in [9.17, 15) is 4.91 Å². The van der Waals surface area contributed by atoms with Gasteiger partial charge in [0.05, 0.1) is 5.69 Å². The van der Waals surface area contributed by atoms with E-state index in [1.54, 1.807) is 0 Å². The van der Waals surface area contributed by atoms with Gasteiger partial charge in [0.1, 0.15) is 0 Å². The van der Waals surface area contributed by atoms with Crippen molar-refractivity contribution in [3.8, 4) is 0 Å². The van der Waals surface area contributed by atoms with Crippen LogP contribution in [0.15, 0.2) is 11.2 Å². The first kappa shape index (κ1) is 5.90. The molecule has 48 valence electrons. The van der Waals surface area contributed by atoms with Gasteiger partial charge in [0.15, 0.2) is 0 Å². The van der Waals surface area contributed by atoms with Gasteiger partial charge < -0.3 is 5.73 Å². The fourth-order valence-electron chi connectivity index (χ4n) is 0.501. The molecule has 9 heavy (non-hydrogen) atoms. The topological polar surface area (TPSA) is 84.1 Å². The molecule has 5 nitrogen and oxygen atoms in total. The highest BCUT2D eigenvalue weighted by Gasteiger charge is 1.95. The number of nitrogens with zero attached hydrogens (tertiary/aromatic N) is 2. The molecule has 0 atom stereocenters. The molecular formula is C4H6N4O. The molecule has 0 bridgehead atoms. The first-order valence-corrected chi connectivity index (χ1v) is 2.44. The highest BCUT2D eigenvalue weighted by atomic mass is 16.3. The molecule has 0 amide bonds. The zero-order valence-corrected chi connectivity index (χ0v) is 4.66. The number of aromatic nitrogens is 2. The summed E-state index contributed by atoms with van der Waals surface area (Å²) in [5.41, 5.74) is 5.92. The Balaban J connectivity index is 2.86. The minimum Gasteiger partial charge on any atom is -0.325 e. The molecule has 1 heterocycles. The lowest BCUT2D eigenvalue weighted by Crippen LogP contribution is -1.95. The Hall–Kier alpha value is -1.23. The van der Waals surface area contributed by atoms with E-state index < -0.39 is 0 Å². The van der Waals surface area contributed by atoms with Gasteiger partial charge in [-0.3, -0.25) is 5.10 Å². The Kier molecular flexibility index (Phi) is 1.55. The van der Waals surface area contributed by atoms with E-state index in [0.717, 1.165) is 0 Å². The molecule has 0 aliphatic rings. The fourth-order valence-corrected chi connectivity index (χ4v) is 0.501. The second-order valence-electron chi connectivity index (χ2n) is 1.55. The third-order valence-corrected chi connectivity index (χ3v) is 0.931. The molecule has 0 radical (unpaired) electrons. The van der Waals surface area contributed by atoms with Crippen molar-refractivity contribution in [2.45, 2.75) is 6.54 Å². The van der Waals surface area contributed by atoms with Crippen LogP contribution in [0.3, 0.4) is 0 Å². The molecule has 0 spiro atoms. The van der Waals surface area contributed by atoms with Crippen LogP contribution in [0.25, 0.3) is 0 Å². The van der Waals surface area contributed by atoms with E-state index in [4.69, 9.17) is 5.73 Å². The molecule has 3 N–H and O–H groups in total. The summed E-state index contributed by atoms with van der Waals surface area (Å²) < 4.78 is 0. The van der Waals surface area contributed by atoms with Crippen molar-refractivity contribution in [1.82, 2.24) is 10.2 Å². The quantitative estimate of drug-likeness (QED) is 0.557. The summed E-state index contributed by atoms with van der Waals surface area (Å²) in [5, 5.41) is 8.65. The maximum absolute atomic E-state index is 9.76. The average Bonchev–Trinajstić information content (AvgIpc) is 2.34. The van der Waals surface area contributed by atoms with Crippen molar-refractivity contribution in [3.05, 3.63) is 16.7 Å². The van der Waals surface area contributed by atoms with Crippen LogP contribution in [0.5, 0.6) is 0 Å². The minimum absolute atomic E-state index is 0.149. The van der Waals surface area contributed by atoms with Crippen molar-refractivity contribution in [1.29, 1.82) is 0 Å². The van der Waals surface area contributed by atoms with Crippen LogP contribution < -0.4 is 5.73 Å². The Morgan fingerprint density at radius 3 is 3.00 bits per heavy atom. The third-order valence-electron chi connectivity index (χ3n) is 0.931. The summed E-state index contributed by atoms with van der Waals surface area (Å²) in [5.74, 6) is 0.149. The van der Waals surface area contributed by atoms with E-state index in [1.807, 2.05) is 0 Å². The molecule has 1 rings (SSSR count). The predicted octanol–water partition coefficient (Wildman–Crippen LogP) is 0.266. The molecule has 0 saturated heterocycles. The van der Waals surface area contributed by atoms with Crippen molar-refractivity contribution < 1.29 is 0 Å². The zero-order chi connectivity index (χ0) is 6.69. The normalized spacial score (nSPS) is 9.44. The van der Waals surface area contributed by atoms with Crippen LogP contribution in [-0.2, 0) is 6.54 Å². The van der Waals surface area contributed by atoms with Crippen LogP contribution in [0.4, 0.5) is 5.82 Å². The van der Waals surface area contributed by atoms with Crippen molar-refractivity contribution in [3.63, 3.8) is 0 Å². The Morgan fingerprint density at radius 1 is 1.89 bits per heavy atom. The lowest BCUT2D eigenvalue weighted by Gasteiger charge is -1.80. The molecule has 0 fully saturated rings. The van der Waals surface area contributed by atoms with E-state index >= 15 is 0 Å². The minimum atomic E-state index is 0.149. The van der Waals surface area contributed by atoms with Crippen molar-refractivity contribution in [2.75, 3.05) is 0 Å². The van der Waals surface area contributed by atoms with E-state index in [0.29, 0.717) is 12.2 Å². The highest BCUT2D eigenvalue weighted by molar-refractivity contribution is 5.27. The lowest BCUT2D eigenvalue weighted by molar-refractivity contribution is 0.946. The van der Waals surface area contributed by atoms with Crippen molar-refractivity contribution in [2.24, 2.45) is 10.9 Å². The monoisotopic (exact) mass is 126 g/mol. The maximum atomic E-state index is 9.76. The van der Waals surface area contributed by atoms with Gasteiger partial charge in [0.2, 0.25) is 5.82 Å². The lowest BCUT2D eigenvalue weighted by atomic mass is 10.4. The average molecular weight is 126 g/mol. The summed E-state index contributed by atoms with van der Waals surface area (Å²) in [6.45, 7) is 0.350. The van der Waals surface area contributed by atoms with Crippen LogP contribution in [-0.4, -0.2) is 10.2 Å². The summed E-state index contributed by atoms with van der Waals surface area (Å²) in [6, 6.07) is 1.51. The van der Waals surface area contributed by atoms with Gasteiger partial charge in [0, 0.05) is 12.6 Å². The standard InChI is InChI=1S/C4H6N4O/c5-2-3-1-4(8-9)7-6-3/h1H,2,5H2,(H,6,7). The molecule has 0 unspecified atom stereocenters. The van der Waals surface area contributed by atoms with E-state index in [2.05, 4.69) is 15.4 Å². The number of hydrogen-bond donors (Lipinski definition) is 2. The van der Waals surface area contributed by atoms with E-state index in [-0.39, 0.29) is 5.82 Å². The first-order chi connectivity index (χ1) is 4.36. The van der Waals surface area contributed by atoms with Gasteiger partial charge in [0.25, 0.3) is 0 Å². The SMILES string of the molecule is NCc1cc(N=O)n[nH]1. The molecule has 5 heteroatoms. The number of hydrogen-bond acceptors (Lipinski definition) is 4. The summed E-state index contributed by atoms with van der Waals surface area (Å²) in [4.78, 5) is 9.76. The van der Waals surface area contributed by atoms with Crippen LogP contribution in [0, 0.1) is 4.91 Å². The van der Waals surface area contributed by atoms with Crippen LogP contribution in [0.2, 0.25) is 0 Å². The maximum Gasteiger partial charge on any atom is 0.217 e. The number of nitroso groups, excluding NO2 is 1. The Bertz CT molecular complexity index is 206. The third kappa shape index (κ3) is 1.11.